The Balaban J connectivity index is 2.00. The molecule has 2 N–H and O–H groups in total. The standard InChI is InChI=1S/C12H19NOS/c1-8-5-6-15-12(8)11(7-14)13-9(2)10-3-4-10/h5-6,9-11,13-14H,3-4,7H2,1-2H3. The van der Waals surface area contributed by atoms with E-state index in [1.807, 2.05) is 0 Å². The number of hydrogen-bond acceptors (Lipinski definition) is 3. The first-order valence-corrected chi connectivity index (χ1v) is 6.51. The first-order valence-electron chi connectivity index (χ1n) is 5.63. The Kier molecular flexibility index (Phi) is 3.44. The maximum Gasteiger partial charge on any atom is 0.0654 e. The summed E-state index contributed by atoms with van der Waals surface area (Å²) in [6.07, 6.45) is 2.69. The first kappa shape index (κ1) is 11.1. The maximum atomic E-state index is 9.42. The zero-order valence-electron chi connectivity index (χ0n) is 9.36. The van der Waals surface area contributed by atoms with Gasteiger partial charge in [0.15, 0.2) is 0 Å². The van der Waals surface area contributed by atoms with Gasteiger partial charge in [-0.05, 0) is 49.6 Å². The van der Waals surface area contributed by atoms with E-state index in [0.717, 1.165) is 5.92 Å². The number of rotatable bonds is 5. The highest BCUT2D eigenvalue weighted by atomic mass is 32.1. The predicted molar refractivity (Wildman–Crippen MR) is 64.2 cm³/mol. The summed E-state index contributed by atoms with van der Waals surface area (Å²) < 4.78 is 0. The van der Waals surface area contributed by atoms with Crippen molar-refractivity contribution in [3.63, 3.8) is 0 Å². The molecule has 1 heterocycles. The van der Waals surface area contributed by atoms with Crippen molar-refractivity contribution in [1.29, 1.82) is 0 Å². The van der Waals surface area contributed by atoms with Crippen molar-refractivity contribution in [3.8, 4) is 0 Å². The summed E-state index contributed by atoms with van der Waals surface area (Å²) in [7, 11) is 0. The summed E-state index contributed by atoms with van der Waals surface area (Å²) >= 11 is 1.73. The van der Waals surface area contributed by atoms with Gasteiger partial charge in [-0.2, -0.15) is 0 Å². The molecule has 0 radical (unpaired) electrons. The normalized spacial score (nSPS) is 20.2. The van der Waals surface area contributed by atoms with Crippen molar-refractivity contribution in [3.05, 3.63) is 21.9 Å². The van der Waals surface area contributed by atoms with Gasteiger partial charge in [0.1, 0.15) is 0 Å². The van der Waals surface area contributed by atoms with Crippen LogP contribution in [0.2, 0.25) is 0 Å². The van der Waals surface area contributed by atoms with Crippen molar-refractivity contribution in [2.75, 3.05) is 6.61 Å². The molecule has 0 spiro atoms. The van der Waals surface area contributed by atoms with E-state index in [-0.39, 0.29) is 12.6 Å². The molecular formula is C12H19NOS. The molecule has 0 saturated heterocycles. The van der Waals surface area contributed by atoms with Crippen LogP contribution in [-0.4, -0.2) is 17.8 Å². The minimum Gasteiger partial charge on any atom is -0.394 e. The first-order chi connectivity index (χ1) is 7.22. The Morgan fingerprint density at radius 1 is 1.60 bits per heavy atom. The monoisotopic (exact) mass is 225 g/mol. The molecule has 0 bridgehead atoms. The fraction of sp³-hybridized carbons (Fsp3) is 0.667. The summed E-state index contributed by atoms with van der Waals surface area (Å²) in [5, 5.41) is 15.0. The van der Waals surface area contributed by atoms with Gasteiger partial charge in [-0.3, -0.25) is 0 Å². The fourth-order valence-electron chi connectivity index (χ4n) is 2.00. The second-order valence-corrected chi connectivity index (χ2v) is 5.44. The highest BCUT2D eigenvalue weighted by Crippen LogP contribution is 2.34. The molecule has 15 heavy (non-hydrogen) atoms. The molecule has 0 aromatic carbocycles. The second kappa shape index (κ2) is 4.64. The van der Waals surface area contributed by atoms with Gasteiger partial charge in [0, 0.05) is 10.9 Å². The predicted octanol–water partition coefficient (Wildman–Crippen LogP) is 2.48. The third-order valence-corrected chi connectivity index (χ3v) is 4.33. The third-order valence-electron chi connectivity index (χ3n) is 3.19. The average Bonchev–Trinajstić information content (AvgIpc) is 2.99. The fourth-order valence-corrected chi connectivity index (χ4v) is 2.98. The van der Waals surface area contributed by atoms with Crippen LogP contribution in [0.25, 0.3) is 0 Å². The Morgan fingerprint density at radius 2 is 2.33 bits per heavy atom. The van der Waals surface area contributed by atoms with Crippen LogP contribution in [0.5, 0.6) is 0 Å². The van der Waals surface area contributed by atoms with Crippen LogP contribution in [0.15, 0.2) is 11.4 Å². The molecule has 1 aliphatic carbocycles. The highest BCUT2D eigenvalue weighted by Gasteiger charge is 2.29. The minimum atomic E-state index is 0.126. The Bertz CT molecular complexity index is 319. The van der Waals surface area contributed by atoms with Gasteiger partial charge in [0.05, 0.1) is 12.6 Å². The van der Waals surface area contributed by atoms with Crippen LogP contribution >= 0.6 is 11.3 Å². The van der Waals surface area contributed by atoms with Crippen molar-refractivity contribution in [1.82, 2.24) is 5.32 Å². The lowest BCUT2D eigenvalue weighted by atomic mass is 10.1. The lowest BCUT2D eigenvalue weighted by molar-refractivity contribution is 0.232. The highest BCUT2D eigenvalue weighted by molar-refractivity contribution is 7.10. The van der Waals surface area contributed by atoms with Crippen LogP contribution in [0.1, 0.15) is 36.2 Å². The molecule has 0 amide bonds. The summed E-state index contributed by atoms with van der Waals surface area (Å²) in [6, 6.07) is 2.77. The van der Waals surface area contributed by atoms with Crippen LogP contribution < -0.4 is 5.32 Å². The molecule has 2 unspecified atom stereocenters. The van der Waals surface area contributed by atoms with E-state index in [2.05, 4.69) is 30.6 Å². The van der Waals surface area contributed by atoms with Gasteiger partial charge in [0.2, 0.25) is 0 Å². The number of hydrogen-bond donors (Lipinski definition) is 2. The van der Waals surface area contributed by atoms with E-state index in [4.69, 9.17) is 0 Å². The SMILES string of the molecule is Cc1ccsc1C(CO)NC(C)C1CC1. The molecule has 0 aliphatic heterocycles. The molecule has 1 fully saturated rings. The van der Waals surface area contributed by atoms with Gasteiger partial charge >= 0.3 is 0 Å². The Morgan fingerprint density at radius 3 is 2.80 bits per heavy atom. The van der Waals surface area contributed by atoms with Gasteiger partial charge in [-0.25, -0.2) is 0 Å². The molecule has 1 aromatic rings. The summed E-state index contributed by atoms with van der Waals surface area (Å²) in [4.78, 5) is 1.28. The van der Waals surface area contributed by atoms with E-state index < -0.39 is 0 Å². The van der Waals surface area contributed by atoms with E-state index in [1.165, 1.54) is 23.3 Å². The van der Waals surface area contributed by atoms with Crippen molar-refractivity contribution in [2.45, 2.75) is 38.8 Å². The lowest BCUT2D eigenvalue weighted by Crippen LogP contribution is -2.33. The number of aryl methyl sites for hydroxylation is 1. The number of nitrogens with one attached hydrogen (secondary N) is 1. The second-order valence-electron chi connectivity index (χ2n) is 4.50. The molecule has 1 saturated carbocycles. The lowest BCUT2D eigenvalue weighted by Gasteiger charge is -2.21. The van der Waals surface area contributed by atoms with E-state index in [0.29, 0.717) is 6.04 Å². The smallest absolute Gasteiger partial charge is 0.0654 e. The molecule has 3 heteroatoms. The van der Waals surface area contributed by atoms with Crippen LogP contribution in [-0.2, 0) is 0 Å². The van der Waals surface area contributed by atoms with E-state index in [1.54, 1.807) is 11.3 Å². The minimum absolute atomic E-state index is 0.126. The van der Waals surface area contributed by atoms with Crippen LogP contribution in [0, 0.1) is 12.8 Å². The molecular weight excluding hydrogens is 206 g/mol. The van der Waals surface area contributed by atoms with Gasteiger partial charge in [-0.15, -0.1) is 11.3 Å². The zero-order valence-corrected chi connectivity index (χ0v) is 10.2. The summed E-state index contributed by atoms with van der Waals surface area (Å²) in [5.41, 5.74) is 1.29. The Labute approximate surface area is 95.3 Å². The number of thiophene rings is 1. The van der Waals surface area contributed by atoms with E-state index >= 15 is 0 Å². The Hall–Kier alpha value is -0.380. The molecule has 1 aromatic heterocycles. The molecule has 2 nitrogen and oxygen atoms in total. The summed E-state index contributed by atoms with van der Waals surface area (Å²) in [6.45, 7) is 4.53. The average molecular weight is 225 g/mol. The number of aliphatic hydroxyl groups excluding tert-OH is 1. The van der Waals surface area contributed by atoms with Gasteiger partial charge in [0.25, 0.3) is 0 Å². The summed E-state index contributed by atoms with van der Waals surface area (Å²) in [5.74, 6) is 0.833. The third kappa shape index (κ3) is 2.60. The molecule has 2 atom stereocenters. The molecule has 1 aliphatic rings. The van der Waals surface area contributed by atoms with Crippen LogP contribution in [0.3, 0.4) is 0 Å². The van der Waals surface area contributed by atoms with Crippen molar-refractivity contribution < 1.29 is 5.11 Å². The zero-order chi connectivity index (χ0) is 10.8. The molecule has 2 rings (SSSR count). The molecule has 84 valence electrons. The van der Waals surface area contributed by atoms with E-state index in [9.17, 15) is 5.11 Å². The quantitative estimate of drug-likeness (QED) is 0.807. The topological polar surface area (TPSA) is 32.3 Å². The maximum absolute atomic E-state index is 9.42. The van der Waals surface area contributed by atoms with Gasteiger partial charge < -0.3 is 10.4 Å². The van der Waals surface area contributed by atoms with Crippen molar-refractivity contribution in [2.24, 2.45) is 5.92 Å². The number of aliphatic hydroxyl groups is 1. The van der Waals surface area contributed by atoms with Crippen molar-refractivity contribution >= 4 is 11.3 Å². The van der Waals surface area contributed by atoms with Gasteiger partial charge in [-0.1, -0.05) is 0 Å². The van der Waals surface area contributed by atoms with Crippen LogP contribution in [0.4, 0.5) is 0 Å². The largest absolute Gasteiger partial charge is 0.394 e.